The molecule has 0 bridgehead atoms. The van der Waals surface area contributed by atoms with Crippen LogP contribution in [0.5, 0.6) is 5.88 Å². The molecule has 1 fully saturated rings. The molecule has 2 rings (SSSR count). The fourth-order valence-electron chi connectivity index (χ4n) is 1.76. The quantitative estimate of drug-likeness (QED) is 0.806. The highest BCUT2D eigenvalue weighted by molar-refractivity contribution is 5.30. The molecule has 0 aliphatic heterocycles. The molecule has 1 atom stereocenters. The Morgan fingerprint density at radius 1 is 1.44 bits per heavy atom. The SMILES string of the molecule is Cc1cc(OC(C)C)nc(NCC(O)C2CC2)n1. The number of aromatic nitrogens is 2. The highest BCUT2D eigenvalue weighted by atomic mass is 16.5. The number of rotatable bonds is 6. The Kier molecular flexibility index (Phi) is 4.01. The normalized spacial score (nSPS) is 16.7. The number of aliphatic hydroxyl groups is 1. The Morgan fingerprint density at radius 3 is 2.78 bits per heavy atom. The van der Waals surface area contributed by atoms with Crippen molar-refractivity contribution in [3.05, 3.63) is 11.8 Å². The summed E-state index contributed by atoms with van der Waals surface area (Å²) in [6.45, 7) is 6.31. The van der Waals surface area contributed by atoms with Crippen LogP contribution in [0.3, 0.4) is 0 Å². The molecule has 1 aliphatic rings. The van der Waals surface area contributed by atoms with Gasteiger partial charge in [0.15, 0.2) is 0 Å². The number of aliphatic hydroxyl groups excluding tert-OH is 1. The lowest BCUT2D eigenvalue weighted by Crippen LogP contribution is -2.22. The number of ether oxygens (including phenoxy) is 1. The van der Waals surface area contributed by atoms with Gasteiger partial charge in [-0.1, -0.05) is 0 Å². The number of nitrogens with zero attached hydrogens (tertiary/aromatic N) is 2. The molecule has 0 aromatic carbocycles. The van der Waals surface area contributed by atoms with Gasteiger partial charge in [-0.2, -0.15) is 4.98 Å². The molecule has 1 unspecified atom stereocenters. The maximum absolute atomic E-state index is 9.78. The van der Waals surface area contributed by atoms with Gasteiger partial charge >= 0.3 is 0 Å². The van der Waals surface area contributed by atoms with Gasteiger partial charge in [0.25, 0.3) is 0 Å². The minimum Gasteiger partial charge on any atom is -0.475 e. The zero-order valence-corrected chi connectivity index (χ0v) is 11.2. The van der Waals surface area contributed by atoms with E-state index in [9.17, 15) is 5.11 Å². The lowest BCUT2D eigenvalue weighted by Gasteiger charge is -2.13. The van der Waals surface area contributed by atoms with Crippen LogP contribution in [-0.4, -0.2) is 33.8 Å². The molecule has 0 saturated heterocycles. The maximum atomic E-state index is 9.78. The minimum atomic E-state index is -0.302. The van der Waals surface area contributed by atoms with E-state index in [2.05, 4.69) is 15.3 Å². The molecular formula is C13H21N3O2. The summed E-state index contributed by atoms with van der Waals surface area (Å²) >= 11 is 0. The smallest absolute Gasteiger partial charge is 0.226 e. The topological polar surface area (TPSA) is 67.3 Å². The van der Waals surface area contributed by atoms with E-state index in [0.29, 0.717) is 24.3 Å². The van der Waals surface area contributed by atoms with E-state index in [0.717, 1.165) is 18.5 Å². The summed E-state index contributed by atoms with van der Waals surface area (Å²) in [6, 6.07) is 1.81. The van der Waals surface area contributed by atoms with Gasteiger partial charge in [-0.3, -0.25) is 0 Å². The summed E-state index contributed by atoms with van der Waals surface area (Å²) in [5.41, 5.74) is 0.851. The second-order valence-corrected chi connectivity index (χ2v) is 5.12. The Hall–Kier alpha value is -1.36. The first-order chi connectivity index (χ1) is 8.54. The van der Waals surface area contributed by atoms with Crippen LogP contribution in [0.15, 0.2) is 6.07 Å². The molecule has 1 saturated carbocycles. The summed E-state index contributed by atoms with van der Waals surface area (Å²) in [4.78, 5) is 8.55. The first-order valence-electron chi connectivity index (χ1n) is 6.49. The molecule has 1 heterocycles. The van der Waals surface area contributed by atoms with Crippen LogP contribution in [0.25, 0.3) is 0 Å². The molecule has 0 amide bonds. The van der Waals surface area contributed by atoms with Crippen molar-refractivity contribution < 1.29 is 9.84 Å². The average molecular weight is 251 g/mol. The van der Waals surface area contributed by atoms with Gasteiger partial charge in [0.1, 0.15) is 0 Å². The molecule has 100 valence electrons. The van der Waals surface area contributed by atoms with E-state index >= 15 is 0 Å². The third-order valence-corrected chi connectivity index (χ3v) is 2.82. The molecule has 5 nitrogen and oxygen atoms in total. The number of anilines is 1. The van der Waals surface area contributed by atoms with Gasteiger partial charge in [0.05, 0.1) is 12.2 Å². The van der Waals surface area contributed by atoms with Crippen molar-refractivity contribution in [2.24, 2.45) is 5.92 Å². The van der Waals surface area contributed by atoms with Crippen molar-refractivity contribution in [2.45, 2.75) is 45.8 Å². The molecule has 1 aromatic rings. The number of nitrogens with one attached hydrogen (secondary N) is 1. The fraction of sp³-hybridized carbons (Fsp3) is 0.692. The van der Waals surface area contributed by atoms with Crippen LogP contribution in [0.1, 0.15) is 32.4 Å². The molecule has 1 aliphatic carbocycles. The predicted molar refractivity (Wildman–Crippen MR) is 69.8 cm³/mol. The van der Waals surface area contributed by atoms with Crippen molar-refractivity contribution in [1.29, 1.82) is 0 Å². The average Bonchev–Trinajstić information content (AvgIpc) is 3.07. The number of hydrogen-bond donors (Lipinski definition) is 2. The standard InChI is InChI=1S/C13H21N3O2/c1-8(2)18-12-6-9(3)15-13(16-12)14-7-11(17)10-4-5-10/h6,8,10-11,17H,4-5,7H2,1-3H3,(H,14,15,16). The van der Waals surface area contributed by atoms with E-state index in [1.807, 2.05) is 26.8 Å². The summed E-state index contributed by atoms with van der Waals surface area (Å²) in [5.74, 6) is 1.54. The van der Waals surface area contributed by atoms with E-state index in [1.165, 1.54) is 0 Å². The van der Waals surface area contributed by atoms with E-state index < -0.39 is 0 Å². The van der Waals surface area contributed by atoms with Gasteiger partial charge in [0.2, 0.25) is 11.8 Å². The molecule has 18 heavy (non-hydrogen) atoms. The molecular weight excluding hydrogens is 230 g/mol. The van der Waals surface area contributed by atoms with E-state index in [4.69, 9.17) is 4.74 Å². The van der Waals surface area contributed by atoms with E-state index in [1.54, 1.807) is 0 Å². The molecule has 2 N–H and O–H groups in total. The minimum absolute atomic E-state index is 0.0872. The van der Waals surface area contributed by atoms with Crippen LogP contribution >= 0.6 is 0 Å². The van der Waals surface area contributed by atoms with Gasteiger partial charge in [-0.25, -0.2) is 4.98 Å². The summed E-state index contributed by atoms with van der Waals surface area (Å²) in [5, 5.41) is 12.9. The second-order valence-electron chi connectivity index (χ2n) is 5.12. The van der Waals surface area contributed by atoms with Gasteiger partial charge in [0, 0.05) is 18.3 Å². The molecule has 0 spiro atoms. The van der Waals surface area contributed by atoms with Gasteiger partial charge in [-0.15, -0.1) is 0 Å². The van der Waals surface area contributed by atoms with Crippen molar-refractivity contribution >= 4 is 5.95 Å². The lowest BCUT2D eigenvalue weighted by atomic mass is 10.2. The second kappa shape index (κ2) is 5.52. The van der Waals surface area contributed by atoms with E-state index in [-0.39, 0.29) is 12.2 Å². The Balaban J connectivity index is 1.95. The molecule has 0 radical (unpaired) electrons. The summed E-state index contributed by atoms with van der Waals surface area (Å²) < 4.78 is 5.55. The number of hydrogen-bond acceptors (Lipinski definition) is 5. The summed E-state index contributed by atoms with van der Waals surface area (Å²) in [6.07, 6.45) is 2.03. The Labute approximate surface area is 108 Å². The first-order valence-corrected chi connectivity index (χ1v) is 6.49. The van der Waals surface area contributed by atoms with Crippen molar-refractivity contribution in [1.82, 2.24) is 9.97 Å². The lowest BCUT2D eigenvalue weighted by molar-refractivity contribution is 0.164. The van der Waals surface area contributed by atoms with Crippen molar-refractivity contribution in [3.63, 3.8) is 0 Å². The van der Waals surface area contributed by atoms with Crippen molar-refractivity contribution in [2.75, 3.05) is 11.9 Å². The highest BCUT2D eigenvalue weighted by Gasteiger charge is 2.29. The third-order valence-electron chi connectivity index (χ3n) is 2.82. The highest BCUT2D eigenvalue weighted by Crippen LogP contribution is 2.32. The van der Waals surface area contributed by atoms with Crippen molar-refractivity contribution in [3.8, 4) is 5.88 Å². The monoisotopic (exact) mass is 251 g/mol. The zero-order valence-electron chi connectivity index (χ0n) is 11.2. The van der Waals surface area contributed by atoms with Crippen LogP contribution in [-0.2, 0) is 0 Å². The molecule has 5 heteroatoms. The molecule has 1 aromatic heterocycles. The van der Waals surface area contributed by atoms with Crippen LogP contribution in [0, 0.1) is 12.8 Å². The van der Waals surface area contributed by atoms with Crippen LogP contribution in [0.4, 0.5) is 5.95 Å². The Morgan fingerprint density at radius 2 is 2.17 bits per heavy atom. The zero-order chi connectivity index (χ0) is 13.1. The largest absolute Gasteiger partial charge is 0.475 e. The summed E-state index contributed by atoms with van der Waals surface area (Å²) in [7, 11) is 0. The fourth-order valence-corrected chi connectivity index (χ4v) is 1.76. The predicted octanol–water partition coefficient (Wildman–Crippen LogP) is 1.76. The maximum Gasteiger partial charge on any atom is 0.226 e. The Bertz CT molecular complexity index is 405. The number of aryl methyl sites for hydroxylation is 1. The first kappa shape index (κ1) is 13.1. The van der Waals surface area contributed by atoms with Gasteiger partial charge < -0.3 is 15.2 Å². The van der Waals surface area contributed by atoms with Crippen LogP contribution < -0.4 is 10.1 Å². The third kappa shape index (κ3) is 3.84. The van der Waals surface area contributed by atoms with Crippen LogP contribution in [0.2, 0.25) is 0 Å². The van der Waals surface area contributed by atoms with Gasteiger partial charge in [-0.05, 0) is 39.5 Å².